The van der Waals surface area contributed by atoms with Crippen molar-refractivity contribution in [3.8, 4) is 0 Å². The summed E-state index contributed by atoms with van der Waals surface area (Å²) in [5.74, 6) is 0.253. The molecule has 2 amide bonds. The second-order valence-corrected chi connectivity index (χ2v) is 8.80. The topological polar surface area (TPSA) is 40.6 Å². The normalized spacial score (nSPS) is 29.4. The van der Waals surface area contributed by atoms with Crippen LogP contribution < -0.4 is 0 Å². The summed E-state index contributed by atoms with van der Waals surface area (Å²) in [4.78, 5) is 29.8. The van der Waals surface area contributed by atoms with Crippen molar-refractivity contribution in [1.82, 2.24) is 9.80 Å². The van der Waals surface area contributed by atoms with Gasteiger partial charge in [-0.05, 0) is 49.3 Å². The molecule has 4 rings (SSSR count). The molecule has 0 bridgehead atoms. The van der Waals surface area contributed by atoms with Crippen molar-refractivity contribution >= 4 is 11.8 Å². The average Bonchev–Trinajstić information content (AvgIpc) is 3.29. The Labute approximate surface area is 172 Å². The average molecular weight is 399 g/mol. The Morgan fingerprint density at radius 1 is 1.14 bits per heavy atom. The van der Waals surface area contributed by atoms with Gasteiger partial charge in [0.25, 0.3) is 0 Å². The molecular formula is C24H31FN2O2. The van der Waals surface area contributed by atoms with Crippen molar-refractivity contribution < 1.29 is 14.0 Å². The Morgan fingerprint density at radius 2 is 2.00 bits per heavy atom. The molecular weight excluding hydrogens is 367 g/mol. The minimum Gasteiger partial charge on any atom is -0.337 e. The highest BCUT2D eigenvalue weighted by Gasteiger charge is 2.48. The Morgan fingerprint density at radius 3 is 2.72 bits per heavy atom. The maximum absolute atomic E-state index is 14.0. The van der Waals surface area contributed by atoms with Gasteiger partial charge >= 0.3 is 0 Å². The van der Waals surface area contributed by atoms with Crippen LogP contribution in [-0.2, 0) is 9.59 Å². The lowest BCUT2D eigenvalue weighted by Gasteiger charge is -2.38. The predicted molar refractivity (Wildman–Crippen MR) is 111 cm³/mol. The number of amides is 2. The molecule has 2 aliphatic heterocycles. The van der Waals surface area contributed by atoms with Crippen LogP contribution >= 0.6 is 0 Å². The van der Waals surface area contributed by atoms with Gasteiger partial charge in [0, 0.05) is 32.4 Å². The third-order valence-electron chi connectivity index (χ3n) is 6.91. The number of nitrogens with zero attached hydrogens (tertiary/aromatic N) is 2. The molecule has 0 unspecified atom stereocenters. The van der Waals surface area contributed by atoms with Crippen LogP contribution in [0, 0.1) is 11.7 Å². The van der Waals surface area contributed by atoms with Gasteiger partial charge in [0.05, 0.1) is 12.1 Å². The molecule has 0 aromatic heterocycles. The van der Waals surface area contributed by atoms with Gasteiger partial charge in [0.1, 0.15) is 5.82 Å². The zero-order chi connectivity index (χ0) is 20.4. The van der Waals surface area contributed by atoms with Crippen molar-refractivity contribution in [3.63, 3.8) is 0 Å². The molecule has 4 atom stereocenters. The minimum absolute atomic E-state index is 0.0188. The number of hydrogen-bond donors (Lipinski definition) is 0. The van der Waals surface area contributed by atoms with Crippen molar-refractivity contribution in [2.45, 2.75) is 69.9 Å². The van der Waals surface area contributed by atoms with Gasteiger partial charge in [0.15, 0.2) is 0 Å². The van der Waals surface area contributed by atoms with Crippen LogP contribution in [0.2, 0.25) is 0 Å². The van der Waals surface area contributed by atoms with Crippen LogP contribution in [0.3, 0.4) is 0 Å². The predicted octanol–water partition coefficient (Wildman–Crippen LogP) is 4.27. The third-order valence-corrected chi connectivity index (χ3v) is 6.91. The molecule has 0 spiro atoms. The molecule has 5 heteroatoms. The Balaban J connectivity index is 1.67. The molecule has 2 fully saturated rings. The van der Waals surface area contributed by atoms with Crippen molar-refractivity contribution in [3.05, 3.63) is 47.8 Å². The van der Waals surface area contributed by atoms with E-state index in [1.54, 1.807) is 19.1 Å². The smallest absolute Gasteiger partial charge is 0.223 e. The summed E-state index contributed by atoms with van der Waals surface area (Å²) in [5.41, 5.74) is 0.892. The van der Waals surface area contributed by atoms with Crippen molar-refractivity contribution in [2.24, 2.45) is 5.92 Å². The number of allylic oxidation sites excluding steroid dienone is 2. The zero-order valence-corrected chi connectivity index (χ0v) is 17.2. The highest BCUT2D eigenvalue weighted by atomic mass is 19.1. The van der Waals surface area contributed by atoms with E-state index in [9.17, 15) is 14.0 Å². The first-order chi connectivity index (χ1) is 14.0. The lowest BCUT2D eigenvalue weighted by Crippen LogP contribution is -2.51. The van der Waals surface area contributed by atoms with E-state index in [1.165, 1.54) is 6.07 Å². The molecule has 1 aliphatic carbocycles. The standard InChI is InChI=1S/C24H31FN2O2/c1-17(28)26-13-6-2-3-12-22-24(26)21(19-10-7-11-20(25)15-19)16-27(22)23(29)14-18-8-4-5-9-18/h4,7-8,10-11,15,18,21-22,24H,2-3,5-6,9,12-14,16H2,1H3/t18-,21-,22+,24-/m0/s1. The minimum atomic E-state index is -0.264. The molecule has 2 saturated heterocycles. The first kappa shape index (κ1) is 20.1. The largest absolute Gasteiger partial charge is 0.337 e. The SMILES string of the molecule is CC(=O)N1CCCCC[C@@H]2[C@@H]1[C@H](c1cccc(F)c1)CN2C(=O)C[C@H]1C=CCC1. The van der Waals surface area contributed by atoms with Gasteiger partial charge in [-0.1, -0.05) is 37.1 Å². The third kappa shape index (κ3) is 4.24. The van der Waals surface area contributed by atoms with Gasteiger partial charge in [0.2, 0.25) is 11.8 Å². The molecule has 156 valence electrons. The zero-order valence-electron chi connectivity index (χ0n) is 17.2. The van der Waals surface area contributed by atoms with E-state index in [1.807, 2.05) is 15.9 Å². The van der Waals surface area contributed by atoms with E-state index in [4.69, 9.17) is 0 Å². The van der Waals surface area contributed by atoms with Crippen LogP contribution in [0.5, 0.6) is 0 Å². The van der Waals surface area contributed by atoms with Gasteiger partial charge in [-0.25, -0.2) is 4.39 Å². The summed E-state index contributed by atoms with van der Waals surface area (Å²) in [6.45, 7) is 2.91. The highest BCUT2D eigenvalue weighted by Crippen LogP contribution is 2.40. The van der Waals surface area contributed by atoms with Crippen molar-refractivity contribution in [2.75, 3.05) is 13.1 Å². The molecule has 29 heavy (non-hydrogen) atoms. The number of hydrogen-bond acceptors (Lipinski definition) is 2. The van der Waals surface area contributed by atoms with Crippen LogP contribution in [0.25, 0.3) is 0 Å². The van der Waals surface area contributed by atoms with Gasteiger partial charge in [-0.2, -0.15) is 0 Å². The summed E-state index contributed by atoms with van der Waals surface area (Å²) in [6.07, 6.45) is 11.0. The second-order valence-electron chi connectivity index (χ2n) is 8.80. The number of carbonyl (C=O) groups excluding carboxylic acids is 2. The van der Waals surface area contributed by atoms with Crippen LogP contribution in [-0.4, -0.2) is 46.8 Å². The number of likely N-dealkylation sites (tertiary alicyclic amines) is 2. The summed E-state index contributed by atoms with van der Waals surface area (Å²) >= 11 is 0. The van der Waals surface area contributed by atoms with Crippen LogP contribution in [0.4, 0.5) is 4.39 Å². The van der Waals surface area contributed by atoms with Crippen LogP contribution in [0.1, 0.15) is 63.4 Å². The number of halogens is 1. The highest BCUT2D eigenvalue weighted by molar-refractivity contribution is 5.79. The maximum atomic E-state index is 14.0. The molecule has 3 aliphatic rings. The van der Waals surface area contributed by atoms with E-state index in [2.05, 4.69) is 12.2 Å². The first-order valence-corrected chi connectivity index (χ1v) is 11.0. The molecule has 4 nitrogen and oxygen atoms in total. The number of carbonyl (C=O) groups is 2. The number of fused-ring (bicyclic) bond motifs is 1. The molecule has 0 radical (unpaired) electrons. The van der Waals surface area contributed by atoms with Gasteiger partial charge in [-0.15, -0.1) is 0 Å². The number of benzene rings is 1. The van der Waals surface area contributed by atoms with Crippen molar-refractivity contribution in [1.29, 1.82) is 0 Å². The van der Waals surface area contributed by atoms with E-state index >= 15 is 0 Å². The fourth-order valence-electron chi connectivity index (χ4n) is 5.52. The fourth-order valence-corrected chi connectivity index (χ4v) is 5.52. The molecule has 1 aromatic rings. The molecule has 2 heterocycles. The lowest BCUT2D eigenvalue weighted by atomic mass is 9.86. The number of rotatable bonds is 3. The van der Waals surface area contributed by atoms with E-state index in [0.29, 0.717) is 18.9 Å². The summed E-state index contributed by atoms with van der Waals surface area (Å²) < 4.78 is 14.0. The lowest BCUT2D eigenvalue weighted by molar-refractivity contribution is -0.137. The molecule has 0 saturated carbocycles. The Kier molecular flexibility index (Phi) is 6.02. The fraction of sp³-hybridized carbons (Fsp3) is 0.583. The van der Waals surface area contributed by atoms with E-state index in [0.717, 1.165) is 50.6 Å². The van der Waals surface area contributed by atoms with E-state index < -0.39 is 0 Å². The second kappa shape index (κ2) is 8.68. The summed E-state index contributed by atoms with van der Waals surface area (Å²) in [5, 5.41) is 0. The summed E-state index contributed by atoms with van der Waals surface area (Å²) in [6, 6.07) is 6.64. The van der Waals surface area contributed by atoms with Gasteiger partial charge < -0.3 is 9.80 Å². The molecule has 1 aromatic carbocycles. The Bertz CT molecular complexity index is 793. The molecule has 0 N–H and O–H groups in total. The first-order valence-electron chi connectivity index (χ1n) is 11.0. The van der Waals surface area contributed by atoms with Gasteiger partial charge in [-0.3, -0.25) is 9.59 Å². The monoisotopic (exact) mass is 398 g/mol. The quantitative estimate of drug-likeness (QED) is 0.714. The maximum Gasteiger partial charge on any atom is 0.223 e. The van der Waals surface area contributed by atoms with Crippen LogP contribution in [0.15, 0.2) is 36.4 Å². The Hall–Kier alpha value is -2.17. The van der Waals surface area contributed by atoms with E-state index in [-0.39, 0.29) is 35.6 Å². The summed E-state index contributed by atoms with van der Waals surface area (Å²) in [7, 11) is 0.